The highest BCUT2D eigenvalue weighted by molar-refractivity contribution is 6.21. The van der Waals surface area contributed by atoms with Crippen LogP contribution in [0.3, 0.4) is 0 Å². The molecule has 0 unspecified atom stereocenters. The lowest BCUT2D eigenvalue weighted by molar-refractivity contribution is -0.129. The number of fused-ring (bicyclic) bond motifs is 1. The van der Waals surface area contributed by atoms with Crippen LogP contribution in [0.25, 0.3) is 0 Å². The van der Waals surface area contributed by atoms with E-state index in [0.29, 0.717) is 36.9 Å². The predicted octanol–water partition coefficient (Wildman–Crippen LogP) is 1.35. The summed E-state index contributed by atoms with van der Waals surface area (Å²) < 4.78 is 0. The second kappa shape index (κ2) is 6.29. The Kier molecular flexibility index (Phi) is 4.47. The molecule has 1 aliphatic heterocycles. The molecule has 1 aliphatic rings. The molecule has 6 nitrogen and oxygen atoms in total. The zero-order valence-corrected chi connectivity index (χ0v) is 11.0. The number of imide groups is 1. The molecule has 0 fully saturated rings. The van der Waals surface area contributed by atoms with Crippen LogP contribution in [-0.4, -0.2) is 34.4 Å². The molecule has 0 atom stereocenters. The monoisotopic (exact) mass is 276 g/mol. The summed E-state index contributed by atoms with van der Waals surface area (Å²) in [6, 6.07) is 6.78. The van der Waals surface area contributed by atoms with Crippen molar-refractivity contribution < 1.29 is 19.6 Å². The van der Waals surface area contributed by atoms with Crippen molar-refractivity contribution in [2.24, 2.45) is 0 Å². The maximum absolute atomic E-state index is 12.0. The van der Waals surface area contributed by atoms with E-state index in [2.05, 4.69) is 0 Å². The molecule has 2 N–H and O–H groups in total. The molecule has 20 heavy (non-hydrogen) atoms. The number of carbonyl (C=O) groups is 3. The van der Waals surface area contributed by atoms with Gasteiger partial charge in [0.1, 0.15) is 0 Å². The third kappa shape index (κ3) is 2.85. The van der Waals surface area contributed by atoms with E-state index < -0.39 is 5.91 Å². The van der Waals surface area contributed by atoms with Gasteiger partial charge in [-0.2, -0.15) is 0 Å². The predicted molar refractivity (Wildman–Crippen MR) is 70.2 cm³/mol. The number of rotatable bonds is 6. The largest absolute Gasteiger partial charge is 0.289 e. The van der Waals surface area contributed by atoms with Crippen molar-refractivity contribution in [1.82, 2.24) is 10.4 Å². The lowest BCUT2D eigenvalue weighted by Crippen LogP contribution is -2.30. The quantitative estimate of drug-likeness (QED) is 0.355. The van der Waals surface area contributed by atoms with Crippen molar-refractivity contribution in [2.75, 3.05) is 6.54 Å². The molecular weight excluding hydrogens is 260 g/mol. The molecule has 1 heterocycles. The maximum Gasteiger partial charge on any atom is 0.261 e. The molecule has 3 amide bonds. The maximum atomic E-state index is 12.0. The lowest BCUT2D eigenvalue weighted by Gasteiger charge is -2.13. The summed E-state index contributed by atoms with van der Waals surface area (Å²) >= 11 is 0. The molecule has 6 heteroatoms. The van der Waals surface area contributed by atoms with Gasteiger partial charge in [0.25, 0.3) is 11.8 Å². The fourth-order valence-corrected chi connectivity index (χ4v) is 2.23. The summed E-state index contributed by atoms with van der Waals surface area (Å²) in [7, 11) is 0. The zero-order valence-electron chi connectivity index (χ0n) is 11.0. The van der Waals surface area contributed by atoms with Crippen molar-refractivity contribution >= 4 is 17.7 Å². The second-order valence-electron chi connectivity index (χ2n) is 4.65. The molecule has 0 saturated heterocycles. The molecule has 106 valence electrons. The van der Waals surface area contributed by atoms with Gasteiger partial charge in [-0.3, -0.25) is 24.5 Å². The zero-order chi connectivity index (χ0) is 14.5. The van der Waals surface area contributed by atoms with Gasteiger partial charge >= 0.3 is 0 Å². The van der Waals surface area contributed by atoms with Gasteiger partial charge in [-0.1, -0.05) is 18.6 Å². The SMILES string of the molecule is O=C(CCCCCN1C(=O)c2ccccc2C1=O)NO. The van der Waals surface area contributed by atoms with Crippen LogP contribution in [0.4, 0.5) is 0 Å². The van der Waals surface area contributed by atoms with Crippen LogP contribution in [0.1, 0.15) is 46.4 Å². The number of hydroxylamine groups is 1. The minimum absolute atomic E-state index is 0.235. The standard InChI is InChI=1S/C14H16N2O4/c17-12(15-20)8-2-1-5-9-16-13(18)10-6-3-4-7-11(10)14(16)19/h3-4,6-7,20H,1-2,5,8-9H2,(H,15,17). The summed E-state index contributed by atoms with van der Waals surface area (Å²) in [5, 5.41) is 8.34. The van der Waals surface area contributed by atoms with Gasteiger partial charge in [-0.05, 0) is 25.0 Å². The first kappa shape index (κ1) is 14.2. The Morgan fingerprint density at radius 1 is 1.05 bits per heavy atom. The van der Waals surface area contributed by atoms with Crippen LogP contribution in [0.2, 0.25) is 0 Å². The lowest BCUT2D eigenvalue weighted by atomic mass is 10.1. The number of nitrogens with one attached hydrogen (secondary N) is 1. The first-order valence-electron chi connectivity index (χ1n) is 6.53. The minimum Gasteiger partial charge on any atom is -0.289 e. The molecule has 0 radical (unpaired) electrons. The van der Waals surface area contributed by atoms with Crippen molar-refractivity contribution in [3.8, 4) is 0 Å². The third-order valence-corrected chi connectivity index (χ3v) is 3.29. The van der Waals surface area contributed by atoms with Crippen molar-refractivity contribution in [3.63, 3.8) is 0 Å². The Labute approximate surface area is 116 Å². The number of carbonyl (C=O) groups excluding carboxylic acids is 3. The summed E-state index contributed by atoms with van der Waals surface area (Å²) in [6.45, 7) is 0.354. The summed E-state index contributed by atoms with van der Waals surface area (Å²) in [6.07, 6.45) is 2.19. The van der Waals surface area contributed by atoms with E-state index in [1.807, 2.05) is 0 Å². The van der Waals surface area contributed by atoms with Crippen LogP contribution in [0.5, 0.6) is 0 Å². The number of amides is 3. The molecule has 0 aliphatic carbocycles. The van der Waals surface area contributed by atoms with Crippen LogP contribution in [0.15, 0.2) is 24.3 Å². The third-order valence-electron chi connectivity index (χ3n) is 3.29. The molecular formula is C14H16N2O4. The minimum atomic E-state index is -0.425. The van der Waals surface area contributed by atoms with Crippen LogP contribution < -0.4 is 5.48 Å². The van der Waals surface area contributed by atoms with E-state index in [9.17, 15) is 14.4 Å². The Bertz CT molecular complexity index is 507. The fourth-order valence-electron chi connectivity index (χ4n) is 2.23. The van der Waals surface area contributed by atoms with Gasteiger partial charge in [0, 0.05) is 13.0 Å². The van der Waals surface area contributed by atoms with Gasteiger partial charge in [0.2, 0.25) is 5.91 Å². The van der Waals surface area contributed by atoms with Gasteiger partial charge in [0.05, 0.1) is 11.1 Å². The van der Waals surface area contributed by atoms with E-state index >= 15 is 0 Å². The molecule has 1 aromatic rings. The summed E-state index contributed by atoms with van der Waals surface area (Å²) in [5.74, 6) is -0.928. The molecule has 1 aromatic carbocycles. The topological polar surface area (TPSA) is 86.7 Å². The van der Waals surface area contributed by atoms with Gasteiger partial charge in [0.15, 0.2) is 0 Å². The normalized spacial score (nSPS) is 13.6. The molecule has 0 aromatic heterocycles. The molecule has 0 bridgehead atoms. The van der Waals surface area contributed by atoms with Crippen LogP contribution in [-0.2, 0) is 4.79 Å². The van der Waals surface area contributed by atoms with Gasteiger partial charge in [-0.25, -0.2) is 5.48 Å². The van der Waals surface area contributed by atoms with E-state index in [0.717, 1.165) is 0 Å². The number of nitrogens with zero attached hydrogens (tertiary/aromatic N) is 1. The van der Waals surface area contributed by atoms with E-state index in [1.54, 1.807) is 29.7 Å². The highest BCUT2D eigenvalue weighted by atomic mass is 16.5. The van der Waals surface area contributed by atoms with Crippen molar-refractivity contribution in [2.45, 2.75) is 25.7 Å². The van der Waals surface area contributed by atoms with E-state index in [4.69, 9.17) is 5.21 Å². The van der Waals surface area contributed by atoms with Gasteiger partial charge < -0.3 is 0 Å². The average Bonchev–Trinajstić information content (AvgIpc) is 2.71. The number of hydrogen-bond acceptors (Lipinski definition) is 4. The Hall–Kier alpha value is -2.21. The van der Waals surface area contributed by atoms with Crippen LogP contribution >= 0.6 is 0 Å². The Morgan fingerprint density at radius 3 is 2.20 bits per heavy atom. The van der Waals surface area contributed by atoms with Crippen molar-refractivity contribution in [1.29, 1.82) is 0 Å². The summed E-state index contributed by atoms with van der Waals surface area (Å²) in [5.41, 5.74) is 2.48. The highest BCUT2D eigenvalue weighted by Crippen LogP contribution is 2.22. The first-order chi connectivity index (χ1) is 9.65. The molecule has 0 spiro atoms. The molecule has 2 rings (SSSR count). The summed E-state index contributed by atoms with van der Waals surface area (Å²) in [4.78, 5) is 36.1. The number of unbranched alkanes of at least 4 members (excludes halogenated alkanes) is 2. The second-order valence-corrected chi connectivity index (χ2v) is 4.65. The molecule has 0 saturated carbocycles. The van der Waals surface area contributed by atoms with E-state index in [1.165, 1.54) is 4.90 Å². The van der Waals surface area contributed by atoms with Crippen molar-refractivity contribution in [3.05, 3.63) is 35.4 Å². The first-order valence-corrected chi connectivity index (χ1v) is 6.53. The highest BCUT2D eigenvalue weighted by Gasteiger charge is 2.34. The average molecular weight is 276 g/mol. The van der Waals surface area contributed by atoms with Crippen LogP contribution in [0, 0.1) is 0 Å². The van der Waals surface area contributed by atoms with Gasteiger partial charge in [-0.15, -0.1) is 0 Å². The smallest absolute Gasteiger partial charge is 0.261 e. The Balaban J connectivity index is 1.82. The van der Waals surface area contributed by atoms with E-state index in [-0.39, 0.29) is 18.2 Å². The number of benzene rings is 1. The Morgan fingerprint density at radius 2 is 1.65 bits per heavy atom. The fraction of sp³-hybridized carbons (Fsp3) is 0.357. The number of hydrogen-bond donors (Lipinski definition) is 2.